The van der Waals surface area contributed by atoms with Gasteiger partial charge in [-0.2, -0.15) is 0 Å². The Hall–Kier alpha value is -2.28. The maximum absolute atomic E-state index is 13.6. The number of hydrogen-bond donors (Lipinski definition) is 0. The van der Waals surface area contributed by atoms with Gasteiger partial charge in [0.25, 0.3) is 5.56 Å². The summed E-state index contributed by atoms with van der Waals surface area (Å²) >= 11 is 9.23. The molecule has 0 aliphatic rings. The zero-order valence-electron chi connectivity index (χ0n) is 17.4. The number of aromatic nitrogens is 2. The SMILES string of the molecule is CCCc1sc2nc(SCCOc3ccccc3)n(-c3ccc(Cl)cc3)c(=O)c2c1C. The molecule has 0 N–H and O–H groups in total. The Morgan fingerprint density at radius 3 is 2.58 bits per heavy atom. The smallest absolute Gasteiger partial charge is 0.267 e. The summed E-state index contributed by atoms with van der Waals surface area (Å²) in [4.78, 5) is 20.5. The van der Waals surface area contributed by atoms with Crippen molar-refractivity contribution >= 4 is 44.9 Å². The van der Waals surface area contributed by atoms with E-state index in [1.54, 1.807) is 28.0 Å². The Bertz CT molecular complexity index is 1230. The first-order chi connectivity index (χ1) is 15.1. The molecule has 4 rings (SSSR count). The van der Waals surface area contributed by atoms with E-state index in [1.165, 1.54) is 16.6 Å². The molecule has 0 aliphatic heterocycles. The fraction of sp³-hybridized carbons (Fsp3) is 0.250. The van der Waals surface area contributed by atoms with Gasteiger partial charge in [0.1, 0.15) is 10.6 Å². The second kappa shape index (κ2) is 9.90. The molecule has 0 fully saturated rings. The molecule has 2 heterocycles. The zero-order chi connectivity index (χ0) is 21.8. The van der Waals surface area contributed by atoms with Crippen molar-refractivity contribution in [3.63, 3.8) is 0 Å². The minimum atomic E-state index is -0.0325. The van der Waals surface area contributed by atoms with E-state index in [1.807, 2.05) is 49.4 Å². The Morgan fingerprint density at radius 1 is 1.13 bits per heavy atom. The van der Waals surface area contributed by atoms with E-state index in [-0.39, 0.29) is 5.56 Å². The molecule has 0 aliphatic carbocycles. The number of thiophene rings is 1. The summed E-state index contributed by atoms with van der Waals surface area (Å²) in [6.45, 7) is 4.70. The van der Waals surface area contributed by atoms with Crippen LogP contribution in [-0.4, -0.2) is 21.9 Å². The highest BCUT2D eigenvalue weighted by atomic mass is 35.5. The quantitative estimate of drug-likeness (QED) is 0.167. The van der Waals surface area contributed by atoms with Gasteiger partial charge in [0.05, 0.1) is 17.7 Å². The molecule has 0 saturated heterocycles. The first kappa shape index (κ1) is 21.9. The maximum Gasteiger partial charge on any atom is 0.267 e. The van der Waals surface area contributed by atoms with Crippen LogP contribution in [0.15, 0.2) is 64.5 Å². The van der Waals surface area contributed by atoms with E-state index in [0.717, 1.165) is 34.7 Å². The van der Waals surface area contributed by atoms with E-state index in [4.69, 9.17) is 21.3 Å². The van der Waals surface area contributed by atoms with Crippen molar-refractivity contribution in [3.05, 3.63) is 80.4 Å². The lowest BCUT2D eigenvalue weighted by molar-refractivity contribution is 0.344. The van der Waals surface area contributed by atoms with Crippen LogP contribution in [0.1, 0.15) is 23.8 Å². The van der Waals surface area contributed by atoms with Gasteiger partial charge in [0.15, 0.2) is 5.16 Å². The fourth-order valence-corrected chi connectivity index (χ4v) is 5.68. The van der Waals surface area contributed by atoms with Crippen molar-refractivity contribution in [2.24, 2.45) is 0 Å². The predicted octanol–water partition coefficient (Wildman–Crippen LogP) is 6.53. The average molecular weight is 471 g/mol. The molecule has 0 bridgehead atoms. The summed E-state index contributed by atoms with van der Waals surface area (Å²) in [6, 6.07) is 17.0. The molecule has 31 heavy (non-hydrogen) atoms. The second-order valence-corrected chi connectivity index (χ2v) is 9.68. The van der Waals surface area contributed by atoms with Gasteiger partial charge >= 0.3 is 0 Å². The van der Waals surface area contributed by atoms with Gasteiger partial charge in [0, 0.05) is 15.7 Å². The molecule has 4 aromatic rings. The zero-order valence-corrected chi connectivity index (χ0v) is 19.8. The number of para-hydroxylation sites is 1. The highest BCUT2D eigenvalue weighted by molar-refractivity contribution is 7.99. The van der Waals surface area contributed by atoms with Gasteiger partial charge in [0.2, 0.25) is 0 Å². The first-order valence-electron chi connectivity index (χ1n) is 10.2. The van der Waals surface area contributed by atoms with E-state index in [0.29, 0.717) is 27.9 Å². The van der Waals surface area contributed by atoms with Crippen LogP contribution >= 0.6 is 34.7 Å². The molecule has 0 spiro atoms. The standard InChI is InChI=1S/C24H23ClN2O2S2/c1-3-7-20-16(2)21-22(31-20)26-24(30-15-14-29-19-8-5-4-6-9-19)27(23(21)28)18-12-10-17(25)11-13-18/h4-6,8-13H,3,7,14-15H2,1-2H3. The van der Waals surface area contributed by atoms with Gasteiger partial charge in [-0.15, -0.1) is 11.3 Å². The number of aryl methyl sites for hydroxylation is 2. The van der Waals surface area contributed by atoms with Crippen LogP contribution in [0.5, 0.6) is 5.75 Å². The number of hydrogen-bond acceptors (Lipinski definition) is 5. The summed E-state index contributed by atoms with van der Waals surface area (Å²) in [5.41, 5.74) is 1.78. The van der Waals surface area contributed by atoms with Crippen molar-refractivity contribution in [2.45, 2.75) is 31.8 Å². The monoisotopic (exact) mass is 470 g/mol. The number of ether oxygens (including phenoxy) is 1. The number of nitrogens with zero attached hydrogens (tertiary/aromatic N) is 2. The molecule has 0 unspecified atom stereocenters. The largest absolute Gasteiger partial charge is 0.493 e. The molecular weight excluding hydrogens is 448 g/mol. The molecule has 4 nitrogen and oxygen atoms in total. The van der Waals surface area contributed by atoms with Crippen LogP contribution < -0.4 is 10.3 Å². The molecule has 2 aromatic heterocycles. The lowest BCUT2D eigenvalue weighted by Gasteiger charge is -2.13. The van der Waals surface area contributed by atoms with Crippen LogP contribution in [0.4, 0.5) is 0 Å². The van der Waals surface area contributed by atoms with E-state index >= 15 is 0 Å². The van der Waals surface area contributed by atoms with E-state index < -0.39 is 0 Å². The summed E-state index contributed by atoms with van der Waals surface area (Å²) in [5.74, 6) is 1.51. The van der Waals surface area contributed by atoms with Crippen LogP contribution in [0.3, 0.4) is 0 Å². The molecular formula is C24H23ClN2O2S2. The Morgan fingerprint density at radius 2 is 1.87 bits per heavy atom. The highest BCUT2D eigenvalue weighted by Crippen LogP contribution is 2.31. The fourth-order valence-electron chi connectivity index (χ4n) is 3.40. The minimum Gasteiger partial charge on any atom is -0.493 e. The normalized spacial score (nSPS) is 11.2. The lowest BCUT2D eigenvalue weighted by atomic mass is 10.1. The summed E-state index contributed by atoms with van der Waals surface area (Å²) in [7, 11) is 0. The number of benzene rings is 2. The van der Waals surface area contributed by atoms with Crippen molar-refractivity contribution < 1.29 is 4.74 Å². The Balaban J connectivity index is 1.70. The van der Waals surface area contributed by atoms with Crippen LogP contribution in [0, 0.1) is 6.92 Å². The van der Waals surface area contributed by atoms with Crippen molar-refractivity contribution in [1.29, 1.82) is 0 Å². The molecule has 160 valence electrons. The summed E-state index contributed by atoms with van der Waals surface area (Å²) in [6.07, 6.45) is 2.00. The molecule has 0 saturated carbocycles. The van der Waals surface area contributed by atoms with Crippen molar-refractivity contribution in [2.75, 3.05) is 12.4 Å². The van der Waals surface area contributed by atoms with Crippen molar-refractivity contribution in [3.8, 4) is 11.4 Å². The number of halogens is 1. The van der Waals surface area contributed by atoms with Crippen LogP contribution in [-0.2, 0) is 6.42 Å². The summed E-state index contributed by atoms with van der Waals surface area (Å²) in [5, 5.41) is 2.02. The molecule has 2 aromatic carbocycles. The third-order valence-corrected chi connectivity index (χ3v) is 7.32. The Kier molecular flexibility index (Phi) is 7.00. The van der Waals surface area contributed by atoms with Gasteiger partial charge in [-0.3, -0.25) is 9.36 Å². The third kappa shape index (κ3) is 4.81. The maximum atomic E-state index is 13.6. The van der Waals surface area contributed by atoms with E-state index in [9.17, 15) is 4.79 Å². The average Bonchev–Trinajstić information content (AvgIpc) is 3.09. The molecule has 7 heteroatoms. The minimum absolute atomic E-state index is 0.0325. The highest BCUT2D eigenvalue weighted by Gasteiger charge is 2.19. The number of thioether (sulfide) groups is 1. The summed E-state index contributed by atoms with van der Waals surface area (Å²) < 4.78 is 7.51. The molecule has 0 amide bonds. The van der Waals surface area contributed by atoms with Crippen LogP contribution in [0.25, 0.3) is 15.9 Å². The molecule has 0 atom stereocenters. The lowest BCUT2D eigenvalue weighted by Crippen LogP contribution is -2.22. The number of rotatable bonds is 8. The first-order valence-corrected chi connectivity index (χ1v) is 12.4. The third-order valence-electron chi connectivity index (χ3n) is 4.92. The van der Waals surface area contributed by atoms with Crippen molar-refractivity contribution in [1.82, 2.24) is 9.55 Å². The Labute approximate surface area is 194 Å². The number of fused-ring (bicyclic) bond motifs is 1. The molecule has 0 radical (unpaired) electrons. The topological polar surface area (TPSA) is 44.1 Å². The van der Waals surface area contributed by atoms with Gasteiger partial charge < -0.3 is 4.74 Å². The van der Waals surface area contributed by atoms with Gasteiger partial charge in [-0.1, -0.05) is 54.9 Å². The predicted molar refractivity (Wildman–Crippen MR) is 132 cm³/mol. The van der Waals surface area contributed by atoms with Gasteiger partial charge in [-0.05, 0) is 55.3 Å². The van der Waals surface area contributed by atoms with E-state index in [2.05, 4.69) is 6.92 Å². The van der Waals surface area contributed by atoms with Crippen LogP contribution in [0.2, 0.25) is 5.02 Å². The second-order valence-electron chi connectivity index (χ2n) is 7.10. The van der Waals surface area contributed by atoms with Gasteiger partial charge in [-0.25, -0.2) is 4.98 Å².